The fraction of sp³-hybridized carbons (Fsp3) is 0.700. The minimum atomic E-state index is -3.62. The lowest BCUT2D eigenvalue weighted by molar-refractivity contribution is 0.381. The van der Waals surface area contributed by atoms with Gasteiger partial charge in [0.05, 0.1) is 6.33 Å². The van der Waals surface area contributed by atoms with E-state index in [1.165, 1.54) is 15.2 Å². The molecule has 1 atom stereocenters. The number of aromatic nitrogens is 2. The first-order valence-corrected chi connectivity index (χ1v) is 8.67. The van der Waals surface area contributed by atoms with Crippen LogP contribution >= 0.6 is 23.4 Å². The lowest BCUT2D eigenvalue weighted by Crippen LogP contribution is -2.35. The van der Waals surface area contributed by atoms with Crippen molar-refractivity contribution in [2.24, 2.45) is 7.05 Å². The molecule has 0 aliphatic heterocycles. The van der Waals surface area contributed by atoms with Gasteiger partial charge in [-0.1, -0.05) is 11.6 Å². The van der Waals surface area contributed by atoms with Crippen LogP contribution in [0.25, 0.3) is 0 Å². The molecule has 0 aliphatic rings. The molecule has 0 spiro atoms. The highest BCUT2D eigenvalue weighted by atomic mass is 35.5. The van der Waals surface area contributed by atoms with Gasteiger partial charge in [-0.25, -0.2) is 13.4 Å². The Morgan fingerprint density at radius 2 is 2.22 bits per heavy atom. The van der Waals surface area contributed by atoms with Crippen LogP contribution in [0.1, 0.15) is 13.3 Å². The molecule has 0 saturated heterocycles. The first-order valence-electron chi connectivity index (χ1n) is 5.46. The van der Waals surface area contributed by atoms with Gasteiger partial charge in [-0.2, -0.15) is 16.1 Å². The minimum absolute atomic E-state index is 0.0785. The standard InChI is InChI=1S/C10H18ClN3O2S2/c1-8(5-6-17-4)14(3)18(15,16)10-9(11)13(2)7-12-10/h7-8H,5-6H2,1-4H3. The van der Waals surface area contributed by atoms with Gasteiger partial charge < -0.3 is 4.57 Å². The first-order chi connectivity index (χ1) is 8.32. The molecule has 18 heavy (non-hydrogen) atoms. The summed E-state index contributed by atoms with van der Waals surface area (Å²) in [4.78, 5) is 3.87. The van der Waals surface area contributed by atoms with Crippen molar-refractivity contribution in [2.45, 2.75) is 24.4 Å². The molecule has 5 nitrogen and oxygen atoms in total. The molecule has 104 valence electrons. The largest absolute Gasteiger partial charge is 0.324 e. The second kappa shape index (κ2) is 6.27. The fourth-order valence-corrected chi connectivity index (χ4v) is 3.76. The summed E-state index contributed by atoms with van der Waals surface area (Å²) in [6.07, 6.45) is 4.19. The van der Waals surface area contributed by atoms with E-state index in [2.05, 4.69) is 4.98 Å². The molecule has 1 aromatic heterocycles. The van der Waals surface area contributed by atoms with E-state index in [0.29, 0.717) is 0 Å². The molecule has 1 unspecified atom stereocenters. The Morgan fingerprint density at radius 1 is 1.61 bits per heavy atom. The Morgan fingerprint density at radius 3 is 2.67 bits per heavy atom. The number of rotatable bonds is 6. The van der Waals surface area contributed by atoms with Crippen LogP contribution in [0.2, 0.25) is 5.15 Å². The predicted molar refractivity (Wildman–Crippen MR) is 75.6 cm³/mol. The van der Waals surface area contributed by atoms with E-state index in [9.17, 15) is 8.42 Å². The molecular weight excluding hydrogens is 294 g/mol. The lowest BCUT2D eigenvalue weighted by atomic mass is 10.3. The highest BCUT2D eigenvalue weighted by molar-refractivity contribution is 7.98. The molecule has 1 heterocycles. The van der Waals surface area contributed by atoms with Crippen LogP contribution < -0.4 is 0 Å². The number of hydrogen-bond donors (Lipinski definition) is 0. The molecule has 1 rings (SSSR count). The van der Waals surface area contributed by atoms with Crippen molar-refractivity contribution in [1.82, 2.24) is 13.9 Å². The maximum atomic E-state index is 12.3. The van der Waals surface area contributed by atoms with Crippen molar-refractivity contribution < 1.29 is 8.42 Å². The topological polar surface area (TPSA) is 55.2 Å². The molecular formula is C10H18ClN3O2S2. The number of sulfonamides is 1. The lowest BCUT2D eigenvalue weighted by Gasteiger charge is -2.23. The average molecular weight is 312 g/mol. The third kappa shape index (κ3) is 3.20. The Hall–Kier alpha value is -0.240. The third-order valence-corrected chi connectivity index (χ3v) is 5.93. The van der Waals surface area contributed by atoms with E-state index < -0.39 is 10.0 Å². The van der Waals surface area contributed by atoms with Crippen LogP contribution in [0.3, 0.4) is 0 Å². The normalized spacial score (nSPS) is 14.1. The predicted octanol–water partition coefficient (Wildman–Crippen LogP) is 1.84. The van der Waals surface area contributed by atoms with Crippen LogP contribution in [-0.4, -0.2) is 47.4 Å². The molecule has 0 amide bonds. The van der Waals surface area contributed by atoms with Crippen molar-refractivity contribution in [2.75, 3.05) is 19.1 Å². The second-order valence-corrected chi connectivity index (χ2v) is 7.36. The van der Waals surface area contributed by atoms with Gasteiger partial charge in [0.1, 0.15) is 5.15 Å². The van der Waals surface area contributed by atoms with Gasteiger partial charge >= 0.3 is 0 Å². The summed E-state index contributed by atoms with van der Waals surface area (Å²) in [6, 6.07) is -0.0828. The third-order valence-electron chi connectivity index (χ3n) is 2.82. The zero-order valence-electron chi connectivity index (χ0n) is 10.9. The van der Waals surface area contributed by atoms with E-state index in [1.807, 2.05) is 13.2 Å². The van der Waals surface area contributed by atoms with E-state index in [0.717, 1.165) is 12.2 Å². The zero-order valence-corrected chi connectivity index (χ0v) is 13.3. The highest BCUT2D eigenvalue weighted by Gasteiger charge is 2.30. The van der Waals surface area contributed by atoms with Crippen LogP contribution in [0, 0.1) is 0 Å². The SMILES string of the molecule is CSCCC(C)N(C)S(=O)(=O)c1ncn(C)c1Cl. The minimum Gasteiger partial charge on any atom is -0.324 e. The van der Waals surface area contributed by atoms with E-state index in [-0.39, 0.29) is 16.2 Å². The smallest absolute Gasteiger partial charge is 0.263 e. The Bertz CT molecular complexity index is 501. The van der Waals surface area contributed by atoms with Crippen LogP contribution in [0.4, 0.5) is 0 Å². The Kier molecular flexibility index (Phi) is 5.51. The number of thioether (sulfide) groups is 1. The summed E-state index contributed by atoms with van der Waals surface area (Å²) in [5.74, 6) is 0.914. The maximum Gasteiger partial charge on any atom is 0.263 e. The number of aryl methyl sites for hydroxylation is 1. The molecule has 0 bridgehead atoms. The molecule has 1 aromatic rings. The number of nitrogens with zero attached hydrogens (tertiary/aromatic N) is 3. The van der Waals surface area contributed by atoms with Gasteiger partial charge in [0, 0.05) is 20.1 Å². The fourth-order valence-electron chi connectivity index (χ4n) is 1.41. The summed E-state index contributed by atoms with van der Waals surface area (Å²) in [5, 5.41) is 0.0593. The summed E-state index contributed by atoms with van der Waals surface area (Å²) < 4.78 is 27.5. The Balaban J connectivity index is 2.96. The number of halogens is 1. The molecule has 0 fully saturated rings. The Labute approximate surface area is 118 Å². The molecule has 0 N–H and O–H groups in total. The summed E-state index contributed by atoms with van der Waals surface area (Å²) in [7, 11) is -0.399. The summed E-state index contributed by atoms with van der Waals surface area (Å²) in [5.41, 5.74) is 0. The first kappa shape index (κ1) is 15.8. The van der Waals surface area contributed by atoms with Crippen LogP contribution in [0.15, 0.2) is 11.4 Å². The zero-order chi connectivity index (χ0) is 13.9. The average Bonchev–Trinajstić information content (AvgIpc) is 2.66. The maximum absolute atomic E-state index is 12.3. The molecule has 0 aromatic carbocycles. The quantitative estimate of drug-likeness (QED) is 0.804. The van der Waals surface area contributed by atoms with Crippen molar-refractivity contribution >= 4 is 33.4 Å². The van der Waals surface area contributed by atoms with Crippen molar-refractivity contribution in [1.29, 1.82) is 0 Å². The van der Waals surface area contributed by atoms with Gasteiger partial charge in [0.15, 0.2) is 0 Å². The molecule has 0 radical (unpaired) electrons. The number of imidazole rings is 1. The van der Waals surface area contributed by atoms with Crippen molar-refractivity contribution in [3.8, 4) is 0 Å². The monoisotopic (exact) mass is 311 g/mol. The van der Waals surface area contributed by atoms with Crippen molar-refractivity contribution in [3.05, 3.63) is 11.5 Å². The summed E-state index contributed by atoms with van der Waals surface area (Å²) >= 11 is 7.63. The van der Waals surface area contributed by atoms with Crippen LogP contribution in [0.5, 0.6) is 0 Å². The van der Waals surface area contributed by atoms with Gasteiger partial charge in [0.2, 0.25) is 5.03 Å². The van der Waals surface area contributed by atoms with Gasteiger partial charge in [-0.3, -0.25) is 0 Å². The molecule has 0 saturated carbocycles. The molecule has 0 aliphatic carbocycles. The van der Waals surface area contributed by atoms with Gasteiger partial charge in [-0.15, -0.1) is 0 Å². The van der Waals surface area contributed by atoms with Gasteiger partial charge in [-0.05, 0) is 25.4 Å². The van der Waals surface area contributed by atoms with E-state index >= 15 is 0 Å². The van der Waals surface area contributed by atoms with Crippen LogP contribution in [-0.2, 0) is 17.1 Å². The second-order valence-electron chi connectivity index (χ2n) is 4.10. The number of hydrogen-bond acceptors (Lipinski definition) is 4. The van der Waals surface area contributed by atoms with E-state index in [1.54, 1.807) is 25.9 Å². The van der Waals surface area contributed by atoms with Crippen molar-refractivity contribution in [3.63, 3.8) is 0 Å². The van der Waals surface area contributed by atoms with E-state index in [4.69, 9.17) is 11.6 Å². The summed E-state index contributed by atoms with van der Waals surface area (Å²) in [6.45, 7) is 1.88. The highest BCUT2D eigenvalue weighted by Crippen LogP contribution is 2.23. The molecule has 8 heteroatoms. The van der Waals surface area contributed by atoms with Gasteiger partial charge in [0.25, 0.3) is 10.0 Å².